The van der Waals surface area contributed by atoms with Gasteiger partial charge in [0, 0.05) is 12.1 Å². The number of carbonyl (C=O) groups excluding carboxylic acids is 3. The zero-order chi connectivity index (χ0) is 32.2. The van der Waals surface area contributed by atoms with E-state index >= 15 is 0 Å². The average Bonchev–Trinajstić information content (AvgIpc) is 3.10. The number of para-hydroxylation sites is 1. The Hall–Kier alpha value is -5.06. The molecule has 3 aromatic rings. The number of halogens is 6. The van der Waals surface area contributed by atoms with Crippen molar-refractivity contribution >= 4 is 34.8 Å². The molecule has 230 valence electrons. The number of amides is 3. The van der Waals surface area contributed by atoms with Gasteiger partial charge < -0.3 is 21.3 Å². The summed E-state index contributed by atoms with van der Waals surface area (Å²) in [4.78, 5) is 40.9. The van der Waals surface area contributed by atoms with Gasteiger partial charge in [-0.25, -0.2) is 0 Å². The highest BCUT2D eigenvalue weighted by Gasteiger charge is 2.40. The minimum atomic E-state index is -4.70. The van der Waals surface area contributed by atoms with E-state index in [-0.39, 0.29) is 28.2 Å². The molecule has 0 bridgehead atoms. The van der Waals surface area contributed by atoms with E-state index in [9.17, 15) is 46.0 Å². The normalized spacial score (nSPS) is 16.5. The van der Waals surface area contributed by atoms with Crippen molar-refractivity contribution in [1.82, 2.24) is 5.32 Å². The molecule has 44 heavy (non-hydrogen) atoms. The summed E-state index contributed by atoms with van der Waals surface area (Å²) in [6.07, 6.45) is -11.6. The van der Waals surface area contributed by atoms with E-state index in [0.29, 0.717) is 0 Å². The predicted molar refractivity (Wildman–Crippen MR) is 147 cm³/mol. The van der Waals surface area contributed by atoms with Gasteiger partial charge in [-0.05, 0) is 42.3 Å². The molecule has 0 fully saturated rings. The zero-order valence-electron chi connectivity index (χ0n) is 22.7. The van der Waals surface area contributed by atoms with Gasteiger partial charge in [-0.2, -0.15) is 31.6 Å². The lowest BCUT2D eigenvalue weighted by atomic mass is 9.81. The number of alkyl halides is 6. The molecule has 4 N–H and O–H groups in total. The average molecular weight is 618 g/mol. The number of rotatable bonds is 8. The van der Waals surface area contributed by atoms with Crippen LogP contribution in [-0.2, 0) is 20.6 Å². The fourth-order valence-electron chi connectivity index (χ4n) is 5.05. The second-order valence-electron chi connectivity index (χ2n) is 10.1. The van der Waals surface area contributed by atoms with E-state index in [4.69, 9.17) is 5.73 Å². The minimum absolute atomic E-state index is 0.0112. The first kappa shape index (κ1) is 31.9. The Labute approximate surface area is 247 Å². The lowest BCUT2D eigenvalue weighted by Crippen LogP contribution is -2.51. The third kappa shape index (κ3) is 7.28. The first-order chi connectivity index (χ1) is 20.7. The summed E-state index contributed by atoms with van der Waals surface area (Å²) in [5, 5.41) is 14.7. The van der Waals surface area contributed by atoms with Gasteiger partial charge in [0.1, 0.15) is 12.1 Å². The number of hydrogen-bond donors (Lipinski definition) is 3. The number of anilines is 3. The summed E-state index contributed by atoms with van der Waals surface area (Å²) >= 11 is 0. The Morgan fingerprint density at radius 3 is 2.32 bits per heavy atom. The first-order valence-corrected chi connectivity index (χ1v) is 13.2. The zero-order valence-corrected chi connectivity index (χ0v) is 22.7. The number of benzene rings is 3. The third-order valence-corrected chi connectivity index (χ3v) is 7.13. The molecule has 0 aromatic heterocycles. The Bertz CT molecular complexity index is 1590. The van der Waals surface area contributed by atoms with Crippen LogP contribution in [0.4, 0.5) is 43.4 Å². The number of nitrogens with two attached hydrogens (primary N) is 1. The van der Waals surface area contributed by atoms with Crippen molar-refractivity contribution in [1.29, 1.82) is 5.26 Å². The number of nitrogens with one attached hydrogen (secondary N) is 2. The van der Waals surface area contributed by atoms with Gasteiger partial charge in [-0.1, -0.05) is 42.5 Å². The summed E-state index contributed by atoms with van der Waals surface area (Å²) in [7, 11) is 0. The van der Waals surface area contributed by atoms with Crippen LogP contribution in [0.5, 0.6) is 0 Å². The third-order valence-electron chi connectivity index (χ3n) is 7.13. The highest BCUT2D eigenvalue weighted by Crippen LogP contribution is 2.39. The van der Waals surface area contributed by atoms with Crippen LogP contribution in [0.15, 0.2) is 72.8 Å². The van der Waals surface area contributed by atoms with E-state index in [1.165, 1.54) is 53.4 Å². The van der Waals surface area contributed by atoms with Crippen LogP contribution < -0.4 is 21.3 Å². The molecule has 0 unspecified atom stereocenters. The molecule has 3 atom stereocenters. The molecule has 8 nitrogen and oxygen atoms in total. The van der Waals surface area contributed by atoms with Crippen LogP contribution in [0.2, 0.25) is 0 Å². The van der Waals surface area contributed by atoms with Crippen LogP contribution in [-0.4, -0.2) is 36.5 Å². The van der Waals surface area contributed by atoms with Crippen molar-refractivity contribution in [3.63, 3.8) is 0 Å². The minimum Gasteiger partial charge on any atom is -0.369 e. The van der Waals surface area contributed by atoms with Crippen molar-refractivity contribution < 1.29 is 40.7 Å². The summed E-state index contributed by atoms with van der Waals surface area (Å²) < 4.78 is 80.1. The standard InChI is InChI=1S/C30H25F6N5O3/c31-29(32,33)13-12-21(26(38)42)24(17-6-2-1-3-7-17)28(44)39-22-16-41(20-10-5-9-19(14-20)30(34,35)36)23-11-4-8-18(15-37)25(23)40-27(22)43/h1-11,14,21-22,24H,12-13,16H2,(H2,38,42)(H,39,44)(H,40,43)/t21-,22+,24+/m1/s1. The number of carbonyl (C=O) groups is 3. The first-order valence-electron chi connectivity index (χ1n) is 13.2. The number of fused-ring (bicyclic) bond motifs is 1. The van der Waals surface area contributed by atoms with Gasteiger partial charge in [0.25, 0.3) is 0 Å². The molecule has 0 radical (unpaired) electrons. The van der Waals surface area contributed by atoms with Crippen LogP contribution in [0.3, 0.4) is 0 Å². The number of hydrogen-bond acceptors (Lipinski definition) is 5. The Morgan fingerprint density at radius 1 is 1.02 bits per heavy atom. The van der Waals surface area contributed by atoms with Crippen LogP contribution in [0, 0.1) is 17.2 Å². The van der Waals surface area contributed by atoms with Gasteiger partial charge in [0.2, 0.25) is 17.7 Å². The molecule has 14 heteroatoms. The molecule has 4 rings (SSSR count). The van der Waals surface area contributed by atoms with E-state index in [2.05, 4.69) is 10.6 Å². The van der Waals surface area contributed by atoms with Crippen LogP contribution in [0.1, 0.15) is 35.4 Å². The maximum Gasteiger partial charge on any atom is 0.416 e. The Kier molecular flexibility index (Phi) is 9.17. The van der Waals surface area contributed by atoms with Gasteiger partial charge in [0.15, 0.2) is 0 Å². The molecule has 0 saturated carbocycles. The molecule has 3 aromatic carbocycles. The van der Waals surface area contributed by atoms with Crippen molar-refractivity contribution in [3.8, 4) is 6.07 Å². The molecular weight excluding hydrogens is 592 g/mol. The van der Waals surface area contributed by atoms with Gasteiger partial charge in [-0.3, -0.25) is 14.4 Å². The molecule has 0 saturated heterocycles. The van der Waals surface area contributed by atoms with E-state index in [0.717, 1.165) is 18.2 Å². The molecule has 1 aliphatic rings. The number of nitriles is 1. The Balaban J connectivity index is 1.75. The molecule has 1 heterocycles. The molecule has 1 aliphatic heterocycles. The summed E-state index contributed by atoms with van der Waals surface area (Å²) in [5.41, 5.74) is 4.75. The van der Waals surface area contributed by atoms with Gasteiger partial charge in [0.05, 0.1) is 40.9 Å². The SMILES string of the molecule is N#Cc1cccc2c1NC(=O)[C@@H](NC(=O)[C@@H](c1ccccc1)[C@@H](CCC(F)(F)F)C(N)=O)CN2c1cccc(C(F)(F)F)c1. The fourth-order valence-corrected chi connectivity index (χ4v) is 5.05. The maximum absolute atomic E-state index is 13.8. The lowest BCUT2D eigenvalue weighted by molar-refractivity contribution is -0.143. The van der Waals surface area contributed by atoms with Crippen molar-refractivity contribution in [3.05, 3.63) is 89.5 Å². The second kappa shape index (κ2) is 12.7. The fraction of sp³-hybridized carbons (Fsp3) is 0.267. The van der Waals surface area contributed by atoms with E-state index in [1.807, 2.05) is 6.07 Å². The largest absolute Gasteiger partial charge is 0.416 e. The molecule has 3 amide bonds. The van der Waals surface area contributed by atoms with Crippen molar-refractivity contribution in [2.45, 2.75) is 37.2 Å². The highest BCUT2D eigenvalue weighted by atomic mass is 19.4. The van der Waals surface area contributed by atoms with Crippen molar-refractivity contribution in [2.24, 2.45) is 11.7 Å². The summed E-state index contributed by atoms with van der Waals surface area (Å²) in [5.74, 6) is -6.17. The quantitative estimate of drug-likeness (QED) is 0.293. The topological polar surface area (TPSA) is 128 Å². The second-order valence-corrected chi connectivity index (χ2v) is 10.1. The molecular formula is C30H25F6N5O3. The summed E-state index contributed by atoms with van der Waals surface area (Å²) in [6, 6.07) is 16.4. The lowest BCUT2D eigenvalue weighted by Gasteiger charge is -2.30. The van der Waals surface area contributed by atoms with Crippen molar-refractivity contribution in [2.75, 3.05) is 16.8 Å². The van der Waals surface area contributed by atoms with Gasteiger partial charge >= 0.3 is 12.4 Å². The summed E-state index contributed by atoms with van der Waals surface area (Å²) in [6.45, 7) is -0.438. The number of primary amides is 1. The molecule has 0 aliphatic carbocycles. The van der Waals surface area contributed by atoms with E-state index < -0.39 is 72.9 Å². The predicted octanol–water partition coefficient (Wildman–Crippen LogP) is 5.38. The molecule has 0 spiro atoms. The monoisotopic (exact) mass is 617 g/mol. The van der Waals surface area contributed by atoms with E-state index in [1.54, 1.807) is 6.07 Å². The Morgan fingerprint density at radius 2 is 1.70 bits per heavy atom. The van der Waals surface area contributed by atoms with Crippen LogP contribution in [0.25, 0.3) is 0 Å². The highest BCUT2D eigenvalue weighted by molar-refractivity contribution is 6.04. The van der Waals surface area contributed by atoms with Crippen LogP contribution >= 0.6 is 0 Å². The number of nitrogens with zero attached hydrogens (tertiary/aromatic N) is 2. The smallest absolute Gasteiger partial charge is 0.369 e. The van der Waals surface area contributed by atoms with Gasteiger partial charge in [-0.15, -0.1) is 0 Å². The maximum atomic E-state index is 13.8.